The topological polar surface area (TPSA) is 89.1 Å². The maximum atomic E-state index is 8.78. The molecule has 1 aliphatic rings. The molecule has 0 aromatic heterocycles. The Hall–Kier alpha value is -1.79. The molecule has 1 unspecified atom stereocenters. The maximum Gasteiger partial charge on any atom is 0.170 e. The van der Waals surface area contributed by atoms with E-state index in [2.05, 4.69) is 17.4 Å². The third-order valence-corrected chi connectivity index (χ3v) is 3.83. The van der Waals surface area contributed by atoms with Crippen molar-refractivity contribution < 1.29 is 14.7 Å². The summed E-state index contributed by atoms with van der Waals surface area (Å²) in [6.45, 7) is 4.33. The van der Waals surface area contributed by atoms with Gasteiger partial charge >= 0.3 is 0 Å². The number of benzene rings is 1. The zero-order valence-corrected chi connectivity index (χ0v) is 12.6. The van der Waals surface area contributed by atoms with Crippen molar-refractivity contribution in [2.75, 3.05) is 20.3 Å². The highest BCUT2D eigenvalue weighted by molar-refractivity contribution is 5.97. The Morgan fingerprint density at radius 3 is 3.00 bits per heavy atom. The van der Waals surface area contributed by atoms with Crippen LogP contribution in [0.4, 0.5) is 0 Å². The van der Waals surface area contributed by atoms with Crippen molar-refractivity contribution in [1.82, 2.24) is 5.32 Å². The van der Waals surface area contributed by atoms with Gasteiger partial charge in [-0.3, -0.25) is 0 Å². The van der Waals surface area contributed by atoms with Gasteiger partial charge in [0.15, 0.2) is 5.84 Å². The van der Waals surface area contributed by atoms with Gasteiger partial charge in [0.05, 0.1) is 13.7 Å². The average molecular weight is 293 g/mol. The number of nitrogens with one attached hydrogen (secondary N) is 1. The van der Waals surface area contributed by atoms with Crippen LogP contribution in [0.1, 0.15) is 30.9 Å². The molecule has 6 heteroatoms. The molecule has 0 spiro atoms. The fourth-order valence-electron chi connectivity index (χ4n) is 2.52. The van der Waals surface area contributed by atoms with Crippen LogP contribution in [0.3, 0.4) is 0 Å². The van der Waals surface area contributed by atoms with E-state index in [1.807, 2.05) is 12.1 Å². The Balaban J connectivity index is 2.13. The number of ether oxygens (including phenoxy) is 2. The van der Waals surface area contributed by atoms with Crippen molar-refractivity contribution in [3.63, 3.8) is 0 Å². The third kappa shape index (κ3) is 3.86. The summed E-state index contributed by atoms with van der Waals surface area (Å²) >= 11 is 0. The summed E-state index contributed by atoms with van der Waals surface area (Å²) in [5.41, 5.74) is 7.24. The van der Waals surface area contributed by atoms with Crippen LogP contribution in [0.5, 0.6) is 5.75 Å². The van der Waals surface area contributed by atoms with E-state index in [4.69, 9.17) is 20.4 Å². The van der Waals surface area contributed by atoms with E-state index in [0.717, 1.165) is 30.8 Å². The van der Waals surface area contributed by atoms with Crippen LogP contribution >= 0.6 is 0 Å². The number of hydrogen-bond donors (Lipinski definition) is 3. The fraction of sp³-hybridized carbons (Fsp3) is 0.533. The molecule has 0 radical (unpaired) electrons. The Morgan fingerprint density at radius 2 is 2.38 bits per heavy atom. The summed E-state index contributed by atoms with van der Waals surface area (Å²) in [5, 5.41) is 15.3. The second-order valence-corrected chi connectivity index (χ2v) is 5.58. The van der Waals surface area contributed by atoms with E-state index < -0.39 is 0 Å². The van der Waals surface area contributed by atoms with Crippen LogP contribution in [-0.2, 0) is 11.3 Å². The molecule has 0 saturated carbocycles. The lowest BCUT2D eigenvalue weighted by atomic mass is 9.94. The second kappa shape index (κ2) is 6.78. The highest BCUT2D eigenvalue weighted by Gasteiger charge is 2.27. The van der Waals surface area contributed by atoms with Gasteiger partial charge < -0.3 is 25.7 Å². The van der Waals surface area contributed by atoms with Crippen LogP contribution in [0, 0.1) is 0 Å². The average Bonchev–Trinajstić information content (AvgIpc) is 2.52. The molecule has 1 aliphatic heterocycles. The lowest BCUT2D eigenvalue weighted by molar-refractivity contribution is 0.0277. The van der Waals surface area contributed by atoms with Gasteiger partial charge in [-0.15, -0.1) is 0 Å². The van der Waals surface area contributed by atoms with Crippen molar-refractivity contribution in [1.29, 1.82) is 0 Å². The van der Waals surface area contributed by atoms with Crippen LogP contribution in [-0.4, -0.2) is 36.9 Å². The predicted molar refractivity (Wildman–Crippen MR) is 80.8 cm³/mol. The van der Waals surface area contributed by atoms with Gasteiger partial charge in [-0.2, -0.15) is 0 Å². The Morgan fingerprint density at radius 1 is 1.57 bits per heavy atom. The van der Waals surface area contributed by atoms with Gasteiger partial charge in [-0.1, -0.05) is 5.16 Å². The molecule has 0 bridgehead atoms. The van der Waals surface area contributed by atoms with E-state index >= 15 is 0 Å². The molecular formula is C15H23N3O3. The second-order valence-electron chi connectivity index (χ2n) is 5.58. The van der Waals surface area contributed by atoms with Crippen molar-refractivity contribution in [2.24, 2.45) is 10.9 Å². The number of nitrogens with zero attached hydrogens (tertiary/aromatic N) is 1. The SMILES string of the molecule is COc1ccc(/C(N)=N/O)cc1CNC1(C)CCCOC1. The molecule has 1 aromatic carbocycles. The number of oxime groups is 1. The minimum atomic E-state index is -0.0319. The minimum Gasteiger partial charge on any atom is -0.496 e. The Labute approximate surface area is 124 Å². The van der Waals surface area contributed by atoms with E-state index in [1.54, 1.807) is 13.2 Å². The molecule has 1 heterocycles. The summed E-state index contributed by atoms with van der Waals surface area (Å²) in [6.07, 6.45) is 2.14. The van der Waals surface area contributed by atoms with E-state index in [9.17, 15) is 0 Å². The third-order valence-electron chi connectivity index (χ3n) is 3.83. The number of hydrogen-bond acceptors (Lipinski definition) is 5. The Bertz CT molecular complexity index is 511. The lowest BCUT2D eigenvalue weighted by Crippen LogP contribution is -2.48. The van der Waals surface area contributed by atoms with Crippen LogP contribution in [0.2, 0.25) is 0 Å². The first kappa shape index (κ1) is 15.6. The largest absolute Gasteiger partial charge is 0.496 e. The number of rotatable bonds is 5. The monoisotopic (exact) mass is 293 g/mol. The minimum absolute atomic E-state index is 0.0319. The lowest BCUT2D eigenvalue weighted by Gasteiger charge is -2.34. The van der Waals surface area contributed by atoms with Crippen LogP contribution < -0.4 is 15.8 Å². The molecule has 1 atom stereocenters. The smallest absolute Gasteiger partial charge is 0.170 e. The zero-order chi connectivity index (χ0) is 15.3. The van der Waals surface area contributed by atoms with Crippen LogP contribution in [0.15, 0.2) is 23.4 Å². The molecule has 6 nitrogen and oxygen atoms in total. The fourth-order valence-corrected chi connectivity index (χ4v) is 2.52. The zero-order valence-electron chi connectivity index (χ0n) is 12.6. The van der Waals surface area contributed by atoms with E-state index in [0.29, 0.717) is 18.7 Å². The van der Waals surface area contributed by atoms with Gasteiger partial charge in [0, 0.05) is 29.8 Å². The molecule has 1 saturated heterocycles. The van der Waals surface area contributed by atoms with Crippen molar-refractivity contribution in [2.45, 2.75) is 31.8 Å². The van der Waals surface area contributed by atoms with Gasteiger partial charge in [0.1, 0.15) is 5.75 Å². The quantitative estimate of drug-likeness (QED) is 0.331. The first-order chi connectivity index (χ1) is 10.1. The van der Waals surface area contributed by atoms with Crippen LogP contribution in [0.25, 0.3) is 0 Å². The molecule has 21 heavy (non-hydrogen) atoms. The number of nitrogens with two attached hydrogens (primary N) is 1. The first-order valence-electron chi connectivity index (χ1n) is 7.05. The van der Waals surface area contributed by atoms with Gasteiger partial charge in [0.2, 0.25) is 0 Å². The highest BCUT2D eigenvalue weighted by atomic mass is 16.5. The number of amidine groups is 1. The summed E-state index contributed by atoms with van der Waals surface area (Å²) in [4.78, 5) is 0. The van der Waals surface area contributed by atoms with Gasteiger partial charge in [0.25, 0.3) is 0 Å². The molecule has 4 N–H and O–H groups in total. The summed E-state index contributed by atoms with van der Waals surface area (Å²) in [5.74, 6) is 0.864. The highest BCUT2D eigenvalue weighted by Crippen LogP contribution is 2.23. The summed E-state index contributed by atoms with van der Waals surface area (Å²) < 4.78 is 10.9. The molecule has 0 amide bonds. The Kier molecular flexibility index (Phi) is 5.03. The summed E-state index contributed by atoms with van der Waals surface area (Å²) in [6, 6.07) is 5.46. The molecule has 116 valence electrons. The van der Waals surface area contributed by atoms with Crippen molar-refractivity contribution in [3.05, 3.63) is 29.3 Å². The predicted octanol–water partition coefficient (Wildman–Crippen LogP) is 1.45. The van der Waals surface area contributed by atoms with Crippen molar-refractivity contribution >= 4 is 5.84 Å². The van der Waals surface area contributed by atoms with E-state index in [1.165, 1.54) is 0 Å². The van der Waals surface area contributed by atoms with Gasteiger partial charge in [-0.25, -0.2) is 0 Å². The molecule has 2 rings (SSSR count). The molecule has 1 aromatic rings. The first-order valence-corrected chi connectivity index (χ1v) is 7.05. The molecular weight excluding hydrogens is 270 g/mol. The summed E-state index contributed by atoms with van der Waals surface area (Å²) in [7, 11) is 1.63. The van der Waals surface area contributed by atoms with E-state index in [-0.39, 0.29) is 11.4 Å². The molecule has 1 fully saturated rings. The van der Waals surface area contributed by atoms with Crippen molar-refractivity contribution in [3.8, 4) is 5.75 Å². The standard InChI is InChI=1S/C15H23N3O3/c1-15(6-3-7-21-10-15)17-9-12-8-11(14(16)18-19)4-5-13(12)20-2/h4-5,8,17,19H,3,6-7,9-10H2,1-2H3,(H2,16,18). The maximum absolute atomic E-state index is 8.78. The number of methoxy groups -OCH3 is 1. The molecule has 0 aliphatic carbocycles. The normalized spacial score (nSPS) is 23.0. The van der Waals surface area contributed by atoms with Gasteiger partial charge in [-0.05, 0) is 38.0 Å².